The number of amides is 2. The Kier molecular flexibility index (Phi) is 4.17. The van der Waals surface area contributed by atoms with E-state index in [4.69, 9.17) is 0 Å². The minimum absolute atomic E-state index is 0.532. The highest BCUT2D eigenvalue weighted by molar-refractivity contribution is 7.17. The highest BCUT2D eigenvalue weighted by atomic mass is 32.1. The van der Waals surface area contributed by atoms with Gasteiger partial charge in [-0.1, -0.05) is 36.4 Å². The van der Waals surface area contributed by atoms with Crippen molar-refractivity contribution in [1.82, 2.24) is 10.4 Å². The smallest absolute Gasteiger partial charge is 0.339 e. The summed E-state index contributed by atoms with van der Waals surface area (Å²) in [5, 5.41) is 20.1. The zero-order valence-electron chi connectivity index (χ0n) is 13.5. The lowest BCUT2D eigenvalue weighted by Crippen LogP contribution is -2.38. The minimum atomic E-state index is -0.563. The van der Waals surface area contributed by atoms with Gasteiger partial charge >= 0.3 is 6.03 Å². The van der Waals surface area contributed by atoms with Crippen molar-refractivity contribution in [3.8, 4) is 0 Å². The number of carbonyl (C=O) groups excluding carboxylic acids is 1. The number of hydrogen-bond acceptors (Lipinski definition) is 4. The van der Waals surface area contributed by atoms with Gasteiger partial charge in [-0.3, -0.25) is 5.21 Å². The fraction of sp³-hybridized carbons (Fsp3) is 0.105. The van der Waals surface area contributed by atoms with Crippen LogP contribution >= 0.6 is 22.7 Å². The van der Waals surface area contributed by atoms with E-state index in [-0.39, 0.29) is 0 Å². The van der Waals surface area contributed by atoms with E-state index in [1.54, 1.807) is 22.7 Å². The van der Waals surface area contributed by atoms with Crippen molar-refractivity contribution >= 4 is 48.9 Å². The van der Waals surface area contributed by atoms with E-state index < -0.39 is 12.1 Å². The molecule has 4 aromatic rings. The number of nitrogens with one attached hydrogen (secondary N) is 1. The topological polar surface area (TPSA) is 52.6 Å². The molecular formula is C19H16N2O2S2. The quantitative estimate of drug-likeness (QED) is 0.384. The van der Waals surface area contributed by atoms with Gasteiger partial charge in [-0.05, 0) is 33.7 Å². The Balaban J connectivity index is 1.95. The first-order valence-corrected chi connectivity index (χ1v) is 9.58. The molecule has 2 amide bonds. The first-order chi connectivity index (χ1) is 12.2. The van der Waals surface area contributed by atoms with E-state index in [1.165, 1.54) is 7.05 Å². The number of urea groups is 1. The predicted molar refractivity (Wildman–Crippen MR) is 104 cm³/mol. The Bertz CT molecular complexity index is 980. The van der Waals surface area contributed by atoms with Crippen molar-refractivity contribution in [2.45, 2.75) is 6.04 Å². The van der Waals surface area contributed by atoms with E-state index in [1.807, 2.05) is 59.3 Å². The van der Waals surface area contributed by atoms with Gasteiger partial charge in [-0.2, -0.15) is 5.06 Å². The van der Waals surface area contributed by atoms with Gasteiger partial charge in [0.15, 0.2) is 0 Å². The van der Waals surface area contributed by atoms with Gasteiger partial charge in [0.2, 0.25) is 0 Å². The highest BCUT2D eigenvalue weighted by Crippen LogP contribution is 2.41. The maximum absolute atomic E-state index is 12.2. The summed E-state index contributed by atoms with van der Waals surface area (Å²) in [5.41, 5.74) is 1.85. The second-order valence-corrected chi connectivity index (χ2v) is 7.50. The normalized spacial score (nSPS) is 11.3. The molecular weight excluding hydrogens is 352 g/mol. The van der Waals surface area contributed by atoms with Gasteiger partial charge in [0.1, 0.15) is 6.04 Å². The van der Waals surface area contributed by atoms with Crippen LogP contribution in [0.2, 0.25) is 0 Å². The van der Waals surface area contributed by atoms with E-state index in [0.717, 1.165) is 36.4 Å². The van der Waals surface area contributed by atoms with E-state index in [9.17, 15) is 10.0 Å². The molecule has 0 atom stereocenters. The SMILES string of the molecule is CNC(=O)N(O)C(c1csc2ccccc12)c1csc2ccccc12. The summed E-state index contributed by atoms with van der Waals surface area (Å²) < 4.78 is 2.26. The third-order valence-electron chi connectivity index (χ3n) is 4.28. The molecule has 0 unspecified atom stereocenters. The van der Waals surface area contributed by atoms with Gasteiger partial charge in [-0.15, -0.1) is 22.7 Å². The van der Waals surface area contributed by atoms with Gasteiger partial charge in [0, 0.05) is 27.6 Å². The molecule has 4 rings (SSSR count). The Morgan fingerprint density at radius 2 is 1.44 bits per heavy atom. The third-order valence-corrected chi connectivity index (χ3v) is 6.24. The predicted octanol–water partition coefficient (Wildman–Crippen LogP) is 5.24. The maximum Gasteiger partial charge on any atom is 0.341 e. The molecule has 0 saturated carbocycles. The summed E-state index contributed by atoms with van der Waals surface area (Å²) in [7, 11) is 1.51. The second-order valence-electron chi connectivity index (χ2n) is 5.68. The largest absolute Gasteiger partial charge is 0.341 e. The lowest BCUT2D eigenvalue weighted by Gasteiger charge is -2.25. The highest BCUT2D eigenvalue weighted by Gasteiger charge is 2.29. The molecule has 2 aromatic carbocycles. The van der Waals surface area contributed by atoms with Crippen LogP contribution in [-0.4, -0.2) is 23.3 Å². The number of hydrogen-bond donors (Lipinski definition) is 2. The van der Waals surface area contributed by atoms with Gasteiger partial charge in [0.25, 0.3) is 0 Å². The van der Waals surface area contributed by atoms with Crippen LogP contribution < -0.4 is 5.32 Å². The zero-order chi connectivity index (χ0) is 17.4. The number of nitrogens with zero attached hydrogens (tertiary/aromatic N) is 1. The average Bonchev–Trinajstić information content (AvgIpc) is 3.27. The minimum Gasteiger partial charge on any atom is -0.339 e. The molecule has 6 heteroatoms. The van der Waals surface area contributed by atoms with Crippen LogP contribution in [-0.2, 0) is 0 Å². The standard InChI is InChI=1S/C19H16N2O2S2/c1-20-19(22)21(23)18(14-10-24-16-8-4-2-6-12(14)16)15-11-25-17-9-5-3-7-13(15)17/h2-11,18,23H,1H3,(H,20,22). The molecule has 25 heavy (non-hydrogen) atoms. The molecule has 126 valence electrons. The molecule has 2 heterocycles. The molecule has 0 aliphatic rings. The van der Waals surface area contributed by atoms with E-state index in [2.05, 4.69) is 5.32 Å². The second kappa shape index (κ2) is 6.48. The summed E-state index contributed by atoms with van der Waals surface area (Å²) >= 11 is 3.23. The van der Waals surface area contributed by atoms with Crippen LogP contribution in [0.4, 0.5) is 4.79 Å². The lowest BCUT2D eigenvalue weighted by molar-refractivity contribution is -0.0665. The number of carbonyl (C=O) groups is 1. The average molecular weight is 368 g/mol. The van der Waals surface area contributed by atoms with Crippen LogP contribution in [0.15, 0.2) is 59.3 Å². The Labute approximate surface area is 152 Å². The zero-order valence-corrected chi connectivity index (χ0v) is 15.1. The number of thiophene rings is 2. The molecule has 2 aromatic heterocycles. The van der Waals surface area contributed by atoms with Crippen LogP contribution in [0.5, 0.6) is 0 Å². The summed E-state index contributed by atoms with van der Waals surface area (Å²) in [5.74, 6) is 0. The maximum atomic E-state index is 12.2. The third kappa shape index (κ3) is 2.68. The molecule has 4 nitrogen and oxygen atoms in total. The summed E-state index contributed by atoms with van der Waals surface area (Å²) in [6.45, 7) is 0. The van der Waals surface area contributed by atoms with Crippen molar-refractivity contribution < 1.29 is 10.0 Å². The first-order valence-electron chi connectivity index (χ1n) is 7.82. The Hall–Kier alpha value is -2.41. The van der Waals surface area contributed by atoms with Crippen molar-refractivity contribution in [2.75, 3.05) is 7.05 Å². The number of benzene rings is 2. The van der Waals surface area contributed by atoms with E-state index in [0.29, 0.717) is 0 Å². The molecule has 0 bridgehead atoms. The first kappa shape index (κ1) is 16.1. The van der Waals surface area contributed by atoms with Gasteiger partial charge in [-0.25, -0.2) is 4.79 Å². The van der Waals surface area contributed by atoms with Gasteiger partial charge in [0.05, 0.1) is 0 Å². The molecule has 0 aliphatic carbocycles. The monoisotopic (exact) mass is 368 g/mol. The molecule has 0 aliphatic heterocycles. The van der Waals surface area contributed by atoms with Crippen molar-refractivity contribution in [2.24, 2.45) is 0 Å². The molecule has 0 spiro atoms. The molecule has 0 radical (unpaired) electrons. The number of hydroxylamine groups is 2. The van der Waals surface area contributed by atoms with Crippen LogP contribution in [0.25, 0.3) is 20.2 Å². The van der Waals surface area contributed by atoms with Crippen molar-refractivity contribution in [3.63, 3.8) is 0 Å². The summed E-state index contributed by atoms with van der Waals surface area (Å²) in [6, 6.07) is 15.0. The summed E-state index contributed by atoms with van der Waals surface area (Å²) in [6.07, 6.45) is 0. The fourth-order valence-electron chi connectivity index (χ4n) is 3.08. The fourth-order valence-corrected chi connectivity index (χ4v) is 5.04. The molecule has 0 saturated heterocycles. The Morgan fingerprint density at radius 1 is 0.960 bits per heavy atom. The van der Waals surface area contributed by atoms with Crippen molar-refractivity contribution in [3.05, 3.63) is 70.4 Å². The van der Waals surface area contributed by atoms with Crippen LogP contribution in [0.3, 0.4) is 0 Å². The van der Waals surface area contributed by atoms with Crippen LogP contribution in [0.1, 0.15) is 17.2 Å². The van der Waals surface area contributed by atoms with E-state index >= 15 is 0 Å². The van der Waals surface area contributed by atoms with Gasteiger partial charge < -0.3 is 5.32 Å². The van der Waals surface area contributed by atoms with Crippen molar-refractivity contribution in [1.29, 1.82) is 0 Å². The Morgan fingerprint density at radius 3 is 1.92 bits per heavy atom. The van der Waals surface area contributed by atoms with Crippen LogP contribution in [0, 0.1) is 0 Å². The number of rotatable bonds is 3. The number of fused-ring (bicyclic) bond motifs is 2. The molecule has 0 fully saturated rings. The summed E-state index contributed by atoms with van der Waals surface area (Å²) in [4.78, 5) is 12.2. The lowest BCUT2D eigenvalue weighted by atomic mass is 9.97. The molecule has 2 N–H and O–H groups in total.